The molecule has 0 aromatic carbocycles. The largest absolute Gasteiger partial charge is 0.748 e. The Morgan fingerprint density at radius 1 is 0.704 bits per heavy atom. The van der Waals surface area contributed by atoms with E-state index in [4.69, 9.17) is 14.2 Å². The maximum atomic E-state index is 10.6. The van der Waals surface area contributed by atoms with Crippen molar-refractivity contribution < 1.29 is 40.2 Å². The Morgan fingerprint density at radius 2 is 1.04 bits per heavy atom. The van der Waals surface area contributed by atoms with Crippen LogP contribution in [0.5, 0.6) is 18.0 Å². The van der Waals surface area contributed by atoms with Gasteiger partial charge in [0.25, 0.3) is 0 Å². The van der Waals surface area contributed by atoms with Gasteiger partial charge in [0, 0.05) is 11.5 Å². The summed E-state index contributed by atoms with van der Waals surface area (Å²) in [6.07, 6.45) is 1.52. The van der Waals surface area contributed by atoms with Crippen LogP contribution in [-0.4, -0.2) is 72.2 Å². The standard InChI is InChI=1S/C13H23N3O9S2/c1-2-3-6-23-11-14-12(24-7-4-9-26(17,18)19)16-13(15-11)25-8-5-10-27(20,21)22/h2-10H2,1H3,(H,17,18,19)(H,20,21,22)/p-2. The van der Waals surface area contributed by atoms with Crippen LogP contribution in [0.2, 0.25) is 0 Å². The van der Waals surface area contributed by atoms with Crippen molar-refractivity contribution >= 4 is 20.2 Å². The fourth-order valence-corrected chi connectivity index (χ4v) is 2.56. The first kappa shape index (κ1) is 23.3. The molecular weight excluding hydrogens is 406 g/mol. The average Bonchev–Trinajstić information content (AvgIpc) is 2.54. The minimum atomic E-state index is -4.34. The highest BCUT2D eigenvalue weighted by Gasteiger charge is 2.11. The van der Waals surface area contributed by atoms with Crippen molar-refractivity contribution in [2.45, 2.75) is 32.6 Å². The summed E-state index contributed by atoms with van der Waals surface area (Å²) in [6.45, 7) is 2.04. The molecule has 0 unspecified atom stereocenters. The third-order valence-corrected chi connectivity index (χ3v) is 4.42. The van der Waals surface area contributed by atoms with Crippen molar-refractivity contribution in [1.29, 1.82) is 0 Å². The highest BCUT2D eigenvalue weighted by molar-refractivity contribution is 7.85. The van der Waals surface area contributed by atoms with E-state index >= 15 is 0 Å². The molecule has 0 radical (unpaired) electrons. The Labute approximate surface area is 157 Å². The molecular formula is C13H21N3O9S2-2. The van der Waals surface area contributed by atoms with Gasteiger partial charge in [0.15, 0.2) is 0 Å². The average molecular weight is 427 g/mol. The summed E-state index contributed by atoms with van der Waals surface area (Å²) in [7, 11) is -8.69. The van der Waals surface area contributed by atoms with E-state index in [1.807, 2.05) is 6.92 Å². The summed E-state index contributed by atoms with van der Waals surface area (Å²) in [4.78, 5) is 11.6. The lowest BCUT2D eigenvalue weighted by Gasteiger charge is -2.11. The molecule has 0 aliphatic heterocycles. The molecule has 1 aromatic heterocycles. The first-order chi connectivity index (χ1) is 12.6. The second kappa shape index (κ2) is 11.2. The van der Waals surface area contributed by atoms with Crippen molar-refractivity contribution in [3.63, 3.8) is 0 Å². The lowest BCUT2D eigenvalue weighted by atomic mass is 10.4. The van der Waals surface area contributed by atoms with Crippen LogP contribution >= 0.6 is 0 Å². The zero-order valence-corrected chi connectivity index (χ0v) is 16.3. The summed E-state index contributed by atoms with van der Waals surface area (Å²) in [5.74, 6) is -1.18. The van der Waals surface area contributed by atoms with Gasteiger partial charge in [-0.25, -0.2) is 16.8 Å². The van der Waals surface area contributed by atoms with E-state index in [1.54, 1.807) is 0 Å². The predicted octanol–water partition coefficient (Wildman–Crippen LogP) is -0.321. The monoisotopic (exact) mass is 427 g/mol. The second-order valence-electron chi connectivity index (χ2n) is 5.31. The molecule has 0 saturated carbocycles. The van der Waals surface area contributed by atoms with Crippen LogP contribution in [0.4, 0.5) is 0 Å². The van der Waals surface area contributed by atoms with Gasteiger partial charge in [0.2, 0.25) is 0 Å². The van der Waals surface area contributed by atoms with Crippen molar-refractivity contribution in [2.24, 2.45) is 0 Å². The highest BCUT2D eigenvalue weighted by Crippen LogP contribution is 2.15. The van der Waals surface area contributed by atoms with Gasteiger partial charge in [-0.1, -0.05) is 13.3 Å². The van der Waals surface area contributed by atoms with Gasteiger partial charge in [0.1, 0.15) is 0 Å². The van der Waals surface area contributed by atoms with Gasteiger partial charge < -0.3 is 23.3 Å². The lowest BCUT2D eigenvalue weighted by Crippen LogP contribution is -2.13. The molecule has 1 rings (SSSR count). The highest BCUT2D eigenvalue weighted by atomic mass is 32.2. The van der Waals surface area contributed by atoms with Crippen LogP contribution in [0, 0.1) is 0 Å². The second-order valence-corrected chi connectivity index (χ2v) is 8.36. The quantitative estimate of drug-likeness (QED) is 0.279. The van der Waals surface area contributed by atoms with Gasteiger partial charge in [-0.05, 0) is 19.3 Å². The number of ether oxygens (including phenoxy) is 3. The molecule has 156 valence electrons. The molecule has 12 nitrogen and oxygen atoms in total. The predicted molar refractivity (Wildman–Crippen MR) is 89.6 cm³/mol. The molecule has 0 N–H and O–H groups in total. The number of hydrogen-bond acceptors (Lipinski definition) is 12. The first-order valence-corrected chi connectivity index (χ1v) is 11.3. The van der Waals surface area contributed by atoms with E-state index in [0.29, 0.717) is 6.61 Å². The minimum Gasteiger partial charge on any atom is -0.748 e. The zero-order valence-electron chi connectivity index (χ0n) is 14.7. The number of rotatable bonds is 14. The summed E-state index contributed by atoms with van der Waals surface area (Å²) in [6, 6.07) is -0.492. The third-order valence-electron chi connectivity index (χ3n) is 2.84. The smallest absolute Gasteiger partial charge is 0.325 e. The normalized spacial score (nSPS) is 12.0. The maximum absolute atomic E-state index is 10.6. The van der Waals surface area contributed by atoms with Crippen molar-refractivity contribution in [3.05, 3.63) is 0 Å². The molecule has 0 bridgehead atoms. The van der Waals surface area contributed by atoms with Crippen LogP contribution in [0.15, 0.2) is 0 Å². The Hall–Kier alpha value is -1.77. The maximum Gasteiger partial charge on any atom is 0.325 e. The van der Waals surface area contributed by atoms with E-state index in [9.17, 15) is 25.9 Å². The first-order valence-electron chi connectivity index (χ1n) is 8.10. The summed E-state index contributed by atoms with van der Waals surface area (Å²) in [5.41, 5.74) is 0. The summed E-state index contributed by atoms with van der Waals surface area (Å²) >= 11 is 0. The molecule has 0 spiro atoms. The fourth-order valence-electron chi connectivity index (χ4n) is 1.62. The molecule has 1 aromatic rings. The molecule has 0 fully saturated rings. The van der Waals surface area contributed by atoms with E-state index in [2.05, 4.69) is 15.0 Å². The summed E-state index contributed by atoms with van der Waals surface area (Å²) < 4.78 is 79.0. The lowest BCUT2D eigenvalue weighted by molar-refractivity contribution is 0.233. The van der Waals surface area contributed by atoms with Gasteiger partial charge in [-0.15, -0.1) is 15.0 Å². The van der Waals surface area contributed by atoms with Crippen LogP contribution in [0.1, 0.15) is 32.6 Å². The zero-order chi connectivity index (χ0) is 20.3. The molecule has 0 atom stereocenters. The van der Waals surface area contributed by atoms with Crippen molar-refractivity contribution in [3.8, 4) is 18.0 Å². The van der Waals surface area contributed by atoms with Crippen LogP contribution in [-0.2, 0) is 20.2 Å². The molecule has 27 heavy (non-hydrogen) atoms. The van der Waals surface area contributed by atoms with Crippen LogP contribution in [0.3, 0.4) is 0 Å². The molecule has 0 aliphatic rings. The Bertz CT molecular complexity index is 726. The van der Waals surface area contributed by atoms with E-state index in [1.165, 1.54) is 0 Å². The Kier molecular flexibility index (Phi) is 9.62. The SMILES string of the molecule is CCCCOc1nc(OCCCS(=O)(=O)[O-])nc(OCCCS(=O)(=O)[O-])n1. The molecule has 0 amide bonds. The number of unbranched alkanes of at least 4 members (excludes halogenated alkanes) is 1. The Balaban J connectivity index is 2.68. The number of nitrogens with zero attached hydrogens (tertiary/aromatic N) is 3. The van der Waals surface area contributed by atoms with Gasteiger partial charge in [-0.2, -0.15) is 0 Å². The minimum absolute atomic E-state index is 0.0545. The van der Waals surface area contributed by atoms with Crippen LogP contribution < -0.4 is 14.2 Å². The van der Waals surface area contributed by atoms with E-state index in [-0.39, 0.29) is 44.1 Å². The number of aromatic nitrogens is 3. The van der Waals surface area contributed by atoms with Gasteiger partial charge in [-0.3, -0.25) is 0 Å². The third kappa shape index (κ3) is 12.3. The van der Waals surface area contributed by atoms with Gasteiger partial charge in [0.05, 0.1) is 40.1 Å². The summed E-state index contributed by atoms with van der Waals surface area (Å²) in [5, 5.41) is 0. The molecule has 0 saturated heterocycles. The van der Waals surface area contributed by atoms with E-state index < -0.39 is 31.7 Å². The van der Waals surface area contributed by atoms with E-state index in [0.717, 1.165) is 12.8 Å². The topological polar surface area (TPSA) is 181 Å². The molecule has 0 aliphatic carbocycles. The number of hydrogen-bond donors (Lipinski definition) is 0. The van der Waals surface area contributed by atoms with Crippen molar-refractivity contribution in [1.82, 2.24) is 15.0 Å². The fraction of sp³-hybridized carbons (Fsp3) is 0.769. The van der Waals surface area contributed by atoms with Gasteiger partial charge >= 0.3 is 18.0 Å². The van der Waals surface area contributed by atoms with Crippen LogP contribution in [0.25, 0.3) is 0 Å². The Morgan fingerprint density at radius 3 is 1.33 bits per heavy atom. The molecule has 14 heteroatoms. The van der Waals surface area contributed by atoms with Crippen molar-refractivity contribution in [2.75, 3.05) is 31.3 Å². The molecule has 1 heterocycles.